The molecular formula is C26H36N2O5. The molecule has 0 saturated carbocycles. The van der Waals surface area contributed by atoms with Gasteiger partial charge in [0.1, 0.15) is 23.1 Å². The van der Waals surface area contributed by atoms with E-state index in [2.05, 4.69) is 10.6 Å². The number of nitrogens with one attached hydrogen (secondary N) is 2. The van der Waals surface area contributed by atoms with Crippen LogP contribution in [-0.4, -0.2) is 38.8 Å². The van der Waals surface area contributed by atoms with Gasteiger partial charge in [0.2, 0.25) is 5.91 Å². The van der Waals surface area contributed by atoms with E-state index in [1.54, 1.807) is 46.3 Å². The lowest BCUT2D eigenvalue weighted by Gasteiger charge is -2.28. The first-order valence-corrected chi connectivity index (χ1v) is 11.2. The number of hydrogen-bond acceptors (Lipinski definition) is 5. The van der Waals surface area contributed by atoms with Crippen LogP contribution in [0.1, 0.15) is 45.2 Å². The second-order valence-electron chi connectivity index (χ2n) is 8.85. The van der Waals surface area contributed by atoms with Crippen molar-refractivity contribution < 1.29 is 23.8 Å². The fourth-order valence-corrected chi connectivity index (χ4v) is 3.42. The summed E-state index contributed by atoms with van der Waals surface area (Å²) in [5.74, 6) is 1.18. The Morgan fingerprint density at radius 2 is 1.58 bits per heavy atom. The molecule has 0 aliphatic carbocycles. The van der Waals surface area contributed by atoms with E-state index in [1.165, 1.54) is 0 Å². The third kappa shape index (κ3) is 8.33. The van der Waals surface area contributed by atoms with Gasteiger partial charge in [-0.25, -0.2) is 4.79 Å². The van der Waals surface area contributed by atoms with E-state index >= 15 is 0 Å². The van der Waals surface area contributed by atoms with Gasteiger partial charge in [0.05, 0.1) is 14.2 Å². The average molecular weight is 457 g/mol. The first-order valence-electron chi connectivity index (χ1n) is 11.2. The van der Waals surface area contributed by atoms with Gasteiger partial charge in [-0.2, -0.15) is 0 Å². The van der Waals surface area contributed by atoms with Gasteiger partial charge in [-0.15, -0.1) is 0 Å². The minimum absolute atomic E-state index is 0.214. The number of amides is 2. The number of methoxy groups -OCH3 is 2. The van der Waals surface area contributed by atoms with Gasteiger partial charge in [0, 0.05) is 18.2 Å². The highest BCUT2D eigenvalue weighted by molar-refractivity contribution is 5.85. The largest absolute Gasteiger partial charge is 0.497 e. The molecule has 2 amide bonds. The number of ether oxygens (including phenoxy) is 3. The fraction of sp³-hybridized carbons (Fsp3) is 0.462. The Balaban J connectivity index is 2.02. The third-order valence-electron chi connectivity index (χ3n) is 5.27. The van der Waals surface area contributed by atoms with Crippen LogP contribution in [0.25, 0.3) is 0 Å². The van der Waals surface area contributed by atoms with Crippen LogP contribution in [0.3, 0.4) is 0 Å². The van der Waals surface area contributed by atoms with Crippen LogP contribution in [0.4, 0.5) is 4.79 Å². The lowest BCUT2D eigenvalue weighted by atomic mass is 9.97. The minimum atomic E-state index is -0.974. The normalized spacial score (nSPS) is 12.1. The molecule has 7 heteroatoms. The fourth-order valence-electron chi connectivity index (χ4n) is 3.42. The van der Waals surface area contributed by atoms with Gasteiger partial charge in [-0.1, -0.05) is 44.2 Å². The number of rotatable bonds is 11. The predicted octanol–water partition coefficient (Wildman–Crippen LogP) is 4.44. The van der Waals surface area contributed by atoms with Gasteiger partial charge < -0.3 is 24.8 Å². The van der Waals surface area contributed by atoms with Crippen molar-refractivity contribution in [2.24, 2.45) is 5.92 Å². The van der Waals surface area contributed by atoms with Crippen LogP contribution in [0.5, 0.6) is 11.5 Å². The van der Waals surface area contributed by atoms with Crippen molar-refractivity contribution >= 4 is 12.0 Å². The van der Waals surface area contributed by atoms with Gasteiger partial charge in [-0.3, -0.25) is 4.79 Å². The molecule has 0 aliphatic heterocycles. The Labute approximate surface area is 196 Å². The Bertz CT molecular complexity index is 890. The summed E-state index contributed by atoms with van der Waals surface area (Å²) >= 11 is 0. The summed E-state index contributed by atoms with van der Waals surface area (Å²) < 4.78 is 16.4. The summed E-state index contributed by atoms with van der Waals surface area (Å²) in [7, 11) is 3.12. The second kappa shape index (κ2) is 12.1. The van der Waals surface area contributed by atoms with Crippen molar-refractivity contribution in [1.82, 2.24) is 10.6 Å². The summed E-state index contributed by atoms with van der Waals surface area (Å²) in [5, 5.41) is 5.67. The van der Waals surface area contributed by atoms with Crippen molar-refractivity contribution in [1.29, 1.82) is 0 Å². The molecule has 2 aromatic carbocycles. The molecule has 33 heavy (non-hydrogen) atoms. The second-order valence-corrected chi connectivity index (χ2v) is 8.85. The maximum Gasteiger partial charge on any atom is 0.408 e. The van der Waals surface area contributed by atoms with E-state index in [-0.39, 0.29) is 11.8 Å². The van der Waals surface area contributed by atoms with Crippen molar-refractivity contribution in [2.45, 2.75) is 52.2 Å². The summed E-state index contributed by atoms with van der Waals surface area (Å²) in [6.45, 7) is 8.05. The molecule has 0 fully saturated rings. The van der Waals surface area contributed by atoms with E-state index in [4.69, 9.17) is 14.2 Å². The highest BCUT2D eigenvalue weighted by Crippen LogP contribution is 2.32. The standard InChI is InChI=1S/C26H36N2O5/c1-18(2)14-23(24(29)27-13-12-19-10-8-7-9-11-19)28-25(30)33-26(3,4)20-15-21(31-5)17-22(16-20)32-6/h7-11,15-18,23H,12-14H2,1-6H3,(H,27,29)(H,28,30)/t23-/m0/s1. The first kappa shape index (κ1) is 26.0. The van der Waals surface area contributed by atoms with Crippen molar-refractivity contribution in [3.8, 4) is 11.5 Å². The van der Waals surface area contributed by atoms with Crippen LogP contribution >= 0.6 is 0 Å². The van der Waals surface area contributed by atoms with Gasteiger partial charge in [0.15, 0.2) is 0 Å². The van der Waals surface area contributed by atoms with Gasteiger partial charge in [-0.05, 0) is 50.3 Å². The zero-order chi connectivity index (χ0) is 24.4. The molecule has 0 heterocycles. The molecule has 0 unspecified atom stereocenters. The SMILES string of the molecule is COc1cc(OC)cc(C(C)(C)OC(=O)N[C@@H](CC(C)C)C(=O)NCCc2ccccc2)c1. The predicted molar refractivity (Wildman–Crippen MR) is 129 cm³/mol. The van der Waals surface area contributed by atoms with Crippen LogP contribution in [0.15, 0.2) is 48.5 Å². The molecule has 0 aliphatic rings. The van der Waals surface area contributed by atoms with E-state index in [0.29, 0.717) is 30.0 Å². The Morgan fingerprint density at radius 1 is 0.970 bits per heavy atom. The highest BCUT2D eigenvalue weighted by atomic mass is 16.6. The van der Waals surface area contributed by atoms with E-state index in [1.807, 2.05) is 44.2 Å². The molecule has 2 aromatic rings. The maximum atomic E-state index is 12.8. The Morgan fingerprint density at radius 3 is 2.12 bits per heavy atom. The van der Waals surface area contributed by atoms with Crippen molar-refractivity contribution in [3.63, 3.8) is 0 Å². The molecule has 0 spiro atoms. The van der Waals surface area contributed by atoms with Crippen LogP contribution in [-0.2, 0) is 21.6 Å². The lowest BCUT2D eigenvalue weighted by molar-refractivity contribution is -0.123. The molecule has 0 saturated heterocycles. The van der Waals surface area contributed by atoms with E-state index < -0.39 is 17.7 Å². The monoisotopic (exact) mass is 456 g/mol. The summed E-state index contributed by atoms with van der Waals surface area (Å²) in [6.07, 6.45) is 0.557. The molecule has 0 radical (unpaired) electrons. The topological polar surface area (TPSA) is 85.9 Å². The molecule has 2 N–H and O–H groups in total. The number of carbonyl (C=O) groups excluding carboxylic acids is 2. The van der Waals surface area contributed by atoms with Crippen LogP contribution in [0.2, 0.25) is 0 Å². The molecule has 7 nitrogen and oxygen atoms in total. The number of hydrogen-bond donors (Lipinski definition) is 2. The van der Waals surface area contributed by atoms with Crippen LogP contribution < -0.4 is 20.1 Å². The zero-order valence-electron chi connectivity index (χ0n) is 20.4. The lowest BCUT2D eigenvalue weighted by Crippen LogP contribution is -2.49. The number of alkyl carbamates (subject to hydrolysis) is 1. The Kier molecular flexibility index (Phi) is 9.57. The molecule has 1 atom stereocenters. The molecule has 180 valence electrons. The average Bonchev–Trinajstić information content (AvgIpc) is 2.78. The van der Waals surface area contributed by atoms with E-state index in [9.17, 15) is 9.59 Å². The molecule has 0 aromatic heterocycles. The molecule has 0 bridgehead atoms. The minimum Gasteiger partial charge on any atom is -0.497 e. The summed E-state index contributed by atoms with van der Waals surface area (Å²) in [4.78, 5) is 25.5. The first-order chi connectivity index (χ1) is 15.6. The summed E-state index contributed by atoms with van der Waals surface area (Å²) in [5.41, 5.74) is 0.876. The third-order valence-corrected chi connectivity index (χ3v) is 5.27. The van der Waals surface area contributed by atoms with Crippen LogP contribution in [0, 0.1) is 5.92 Å². The summed E-state index contributed by atoms with van der Waals surface area (Å²) in [6, 6.07) is 14.6. The molecular weight excluding hydrogens is 420 g/mol. The number of carbonyl (C=O) groups is 2. The van der Waals surface area contributed by atoms with Gasteiger partial charge >= 0.3 is 6.09 Å². The maximum absolute atomic E-state index is 12.8. The van der Waals surface area contributed by atoms with Gasteiger partial charge in [0.25, 0.3) is 0 Å². The highest BCUT2D eigenvalue weighted by Gasteiger charge is 2.29. The van der Waals surface area contributed by atoms with Crippen molar-refractivity contribution in [3.05, 3.63) is 59.7 Å². The molecule has 2 rings (SSSR count). The quantitative estimate of drug-likeness (QED) is 0.522. The number of benzene rings is 2. The zero-order valence-corrected chi connectivity index (χ0v) is 20.4. The smallest absolute Gasteiger partial charge is 0.408 e. The van der Waals surface area contributed by atoms with Crippen molar-refractivity contribution in [2.75, 3.05) is 20.8 Å². The Hall–Kier alpha value is -3.22. The van der Waals surface area contributed by atoms with E-state index in [0.717, 1.165) is 12.0 Å².